The van der Waals surface area contributed by atoms with Gasteiger partial charge < -0.3 is 24.3 Å². The molecule has 1 amide bonds. The Morgan fingerprint density at radius 3 is 2.44 bits per heavy atom. The molecule has 3 aromatic carbocycles. The van der Waals surface area contributed by atoms with E-state index in [0.717, 1.165) is 17.5 Å². The van der Waals surface area contributed by atoms with Crippen molar-refractivity contribution in [3.63, 3.8) is 0 Å². The Bertz CT molecular complexity index is 1360. The van der Waals surface area contributed by atoms with E-state index in [1.165, 1.54) is 20.3 Å². The van der Waals surface area contributed by atoms with Crippen molar-refractivity contribution in [1.29, 1.82) is 0 Å². The first-order valence-electron chi connectivity index (χ1n) is 10.5. The first kappa shape index (κ1) is 23.1. The zero-order chi connectivity index (χ0) is 24.2. The minimum atomic E-state index is -0.437. The first-order valence-corrected chi connectivity index (χ1v) is 10.9. The second-order valence-electron chi connectivity index (χ2n) is 7.42. The number of methoxy groups -OCH3 is 2. The van der Waals surface area contributed by atoms with Gasteiger partial charge in [-0.05, 0) is 60.6 Å². The lowest BCUT2D eigenvalue weighted by Gasteiger charge is -2.12. The van der Waals surface area contributed by atoms with E-state index in [9.17, 15) is 9.90 Å². The summed E-state index contributed by atoms with van der Waals surface area (Å²) in [5.41, 5.74) is 3.78. The third-order valence-electron chi connectivity index (χ3n) is 5.19. The molecule has 174 valence electrons. The van der Waals surface area contributed by atoms with Gasteiger partial charge in [0.2, 0.25) is 5.89 Å². The number of carbonyl (C=O) groups excluding carboxylic acids is 1. The summed E-state index contributed by atoms with van der Waals surface area (Å²) < 4.78 is 16.2. The number of amides is 1. The van der Waals surface area contributed by atoms with Crippen LogP contribution in [0.4, 0.5) is 5.69 Å². The maximum absolute atomic E-state index is 12.6. The van der Waals surface area contributed by atoms with Gasteiger partial charge in [0.05, 0.1) is 19.8 Å². The molecule has 1 aromatic heterocycles. The van der Waals surface area contributed by atoms with Crippen LogP contribution >= 0.6 is 12.2 Å². The minimum Gasteiger partial charge on any atom is -0.507 e. The van der Waals surface area contributed by atoms with E-state index in [-0.39, 0.29) is 10.9 Å². The molecule has 0 saturated carbocycles. The molecule has 4 rings (SSSR count). The van der Waals surface area contributed by atoms with Crippen LogP contribution in [-0.4, -0.2) is 35.3 Å². The summed E-state index contributed by atoms with van der Waals surface area (Å²) in [5.74, 6) is 0.797. The number of nitrogens with zero attached hydrogens (tertiary/aromatic N) is 1. The number of carbonyl (C=O) groups is 1. The number of fused-ring (bicyclic) bond motifs is 1. The van der Waals surface area contributed by atoms with Gasteiger partial charge in [0.1, 0.15) is 22.8 Å². The molecule has 0 atom stereocenters. The van der Waals surface area contributed by atoms with Crippen LogP contribution < -0.4 is 20.1 Å². The molecule has 3 N–H and O–H groups in total. The average molecular weight is 478 g/mol. The van der Waals surface area contributed by atoms with Crippen molar-refractivity contribution < 1.29 is 23.8 Å². The van der Waals surface area contributed by atoms with E-state index in [1.807, 2.05) is 18.2 Å². The molecule has 0 spiro atoms. The second kappa shape index (κ2) is 9.80. The molecule has 0 aliphatic heterocycles. The number of benzene rings is 3. The summed E-state index contributed by atoms with van der Waals surface area (Å²) in [5, 5.41) is 16.1. The number of phenols is 1. The predicted molar refractivity (Wildman–Crippen MR) is 134 cm³/mol. The molecular weight excluding hydrogens is 454 g/mol. The molecule has 1 heterocycles. The third kappa shape index (κ3) is 4.94. The van der Waals surface area contributed by atoms with Gasteiger partial charge in [-0.2, -0.15) is 0 Å². The molecule has 9 heteroatoms. The Kier molecular flexibility index (Phi) is 6.65. The zero-order valence-corrected chi connectivity index (χ0v) is 19.7. The third-order valence-corrected chi connectivity index (χ3v) is 5.39. The molecule has 0 radical (unpaired) electrons. The van der Waals surface area contributed by atoms with Gasteiger partial charge in [0.25, 0.3) is 5.91 Å². The molecule has 8 nitrogen and oxygen atoms in total. The summed E-state index contributed by atoms with van der Waals surface area (Å²) >= 11 is 5.25. The van der Waals surface area contributed by atoms with E-state index in [1.54, 1.807) is 30.3 Å². The highest BCUT2D eigenvalue weighted by Gasteiger charge is 2.15. The number of oxazole rings is 1. The number of hydrogen-bond donors (Lipinski definition) is 3. The summed E-state index contributed by atoms with van der Waals surface area (Å²) in [4.78, 5) is 17.1. The molecule has 0 fully saturated rings. The van der Waals surface area contributed by atoms with E-state index in [0.29, 0.717) is 39.8 Å². The largest absolute Gasteiger partial charge is 0.507 e. The van der Waals surface area contributed by atoms with Crippen molar-refractivity contribution in [2.45, 2.75) is 13.3 Å². The number of anilines is 1. The van der Waals surface area contributed by atoms with Crippen LogP contribution in [0.25, 0.3) is 22.6 Å². The number of phenolic OH excluding ortho intramolecular Hbond substituents is 1. The molecule has 0 aliphatic rings. The molecule has 0 saturated heterocycles. The van der Waals surface area contributed by atoms with Gasteiger partial charge >= 0.3 is 0 Å². The van der Waals surface area contributed by atoms with Gasteiger partial charge in [-0.25, -0.2) is 4.98 Å². The molecule has 0 bridgehead atoms. The van der Waals surface area contributed by atoms with E-state index in [2.05, 4.69) is 22.5 Å². The number of aromatic hydroxyl groups is 1. The standard InChI is InChI=1S/C25H23N3O5S/c1-4-14-5-8-22-20(9-14)27-24(33-22)19-7-6-16(12-21(19)29)26-25(34)28-23(30)15-10-17(31-2)13-18(11-15)32-3/h5-13,29H,4H2,1-3H3,(H2,26,28,30,34). The number of thiocarbonyl (C=S) groups is 1. The van der Waals surface area contributed by atoms with E-state index in [4.69, 9.17) is 26.1 Å². The lowest BCUT2D eigenvalue weighted by Crippen LogP contribution is -2.34. The highest BCUT2D eigenvalue weighted by molar-refractivity contribution is 7.80. The normalized spacial score (nSPS) is 10.7. The number of rotatable bonds is 6. The summed E-state index contributed by atoms with van der Waals surface area (Å²) in [6, 6.07) is 15.5. The van der Waals surface area contributed by atoms with Gasteiger partial charge in [-0.3, -0.25) is 10.1 Å². The minimum absolute atomic E-state index is 0.0427. The number of hydrogen-bond acceptors (Lipinski definition) is 7. The second-order valence-corrected chi connectivity index (χ2v) is 7.82. The van der Waals surface area contributed by atoms with Crippen LogP contribution in [0, 0.1) is 0 Å². The predicted octanol–water partition coefficient (Wildman–Crippen LogP) is 4.91. The fourth-order valence-electron chi connectivity index (χ4n) is 3.37. The molecule has 34 heavy (non-hydrogen) atoms. The van der Waals surface area contributed by atoms with Crippen LogP contribution in [0.15, 0.2) is 59.0 Å². The van der Waals surface area contributed by atoms with Crippen molar-refractivity contribution in [3.05, 3.63) is 65.7 Å². The maximum atomic E-state index is 12.6. The molecule has 0 aliphatic carbocycles. The van der Waals surface area contributed by atoms with Crippen molar-refractivity contribution in [1.82, 2.24) is 10.3 Å². The Labute approximate surface area is 201 Å². The van der Waals surface area contributed by atoms with Crippen LogP contribution in [0.5, 0.6) is 17.2 Å². The molecule has 4 aromatic rings. The Balaban J connectivity index is 1.47. The average Bonchev–Trinajstić information content (AvgIpc) is 3.26. The molecular formula is C25H23N3O5S. The quantitative estimate of drug-likeness (QED) is 0.337. The summed E-state index contributed by atoms with van der Waals surface area (Å²) in [6.07, 6.45) is 0.894. The van der Waals surface area contributed by atoms with Crippen LogP contribution in [-0.2, 0) is 6.42 Å². The van der Waals surface area contributed by atoms with E-state index >= 15 is 0 Å². The van der Waals surface area contributed by atoms with Crippen LogP contribution in [0.1, 0.15) is 22.8 Å². The Morgan fingerprint density at radius 2 is 1.79 bits per heavy atom. The summed E-state index contributed by atoms with van der Waals surface area (Å²) in [6.45, 7) is 2.07. The first-order chi connectivity index (χ1) is 16.4. The monoisotopic (exact) mass is 477 g/mol. The van der Waals surface area contributed by atoms with Gasteiger partial charge in [-0.1, -0.05) is 13.0 Å². The highest BCUT2D eigenvalue weighted by atomic mass is 32.1. The zero-order valence-electron chi connectivity index (χ0n) is 18.8. The van der Waals surface area contributed by atoms with E-state index < -0.39 is 5.91 Å². The molecule has 0 unspecified atom stereocenters. The highest BCUT2D eigenvalue weighted by Crippen LogP contribution is 2.33. The number of aryl methyl sites for hydroxylation is 1. The van der Waals surface area contributed by atoms with Crippen LogP contribution in [0.2, 0.25) is 0 Å². The van der Waals surface area contributed by atoms with Gasteiger partial charge in [0, 0.05) is 23.4 Å². The van der Waals surface area contributed by atoms with Crippen molar-refractivity contribution in [2.24, 2.45) is 0 Å². The Hall–Kier alpha value is -4.11. The van der Waals surface area contributed by atoms with Crippen molar-refractivity contribution in [2.75, 3.05) is 19.5 Å². The SMILES string of the molecule is CCc1ccc2oc(-c3ccc(NC(=S)NC(=O)c4cc(OC)cc(OC)c4)cc3O)nc2c1. The topological polar surface area (TPSA) is 106 Å². The van der Waals surface area contributed by atoms with Crippen molar-refractivity contribution >= 4 is 40.0 Å². The van der Waals surface area contributed by atoms with Gasteiger partial charge in [-0.15, -0.1) is 0 Å². The number of ether oxygens (including phenoxy) is 2. The lowest BCUT2D eigenvalue weighted by molar-refractivity contribution is 0.0977. The summed E-state index contributed by atoms with van der Waals surface area (Å²) in [7, 11) is 3.00. The fourth-order valence-corrected chi connectivity index (χ4v) is 3.59. The van der Waals surface area contributed by atoms with Crippen molar-refractivity contribution in [3.8, 4) is 28.7 Å². The Morgan fingerprint density at radius 1 is 1.06 bits per heavy atom. The lowest BCUT2D eigenvalue weighted by atomic mass is 10.1. The van der Waals surface area contributed by atoms with Crippen LogP contribution in [0.3, 0.4) is 0 Å². The fraction of sp³-hybridized carbons (Fsp3) is 0.160. The smallest absolute Gasteiger partial charge is 0.257 e. The number of nitrogens with one attached hydrogen (secondary N) is 2. The number of aromatic nitrogens is 1. The maximum Gasteiger partial charge on any atom is 0.257 e. The van der Waals surface area contributed by atoms with Gasteiger partial charge in [0.15, 0.2) is 10.7 Å².